The normalized spacial score (nSPS) is 13.1. The predicted molar refractivity (Wildman–Crippen MR) is 169 cm³/mol. The van der Waals surface area contributed by atoms with Crippen molar-refractivity contribution in [2.75, 3.05) is 27.8 Å². The third-order valence-corrected chi connectivity index (χ3v) is 8.84. The van der Waals surface area contributed by atoms with Crippen molar-refractivity contribution in [1.82, 2.24) is 19.0 Å². The number of aromatic nitrogens is 3. The quantitative estimate of drug-likeness (QED) is 0.154. The molecule has 42 heavy (non-hydrogen) atoms. The number of benzene rings is 2. The molecule has 9 nitrogen and oxygen atoms in total. The predicted octanol–water partition coefficient (Wildman–Crippen LogP) is 6.93. The van der Waals surface area contributed by atoms with Crippen molar-refractivity contribution in [3.05, 3.63) is 59.0 Å². The van der Waals surface area contributed by atoms with Crippen LogP contribution in [0, 0.1) is 18.3 Å². The van der Waals surface area contributed by atoms with Crippen molar-refractivity contribution < 1.29 is 19.0 Å². The van der Waals surface area contributed by atoms with Gasteiger partial charge in [-0.05, 0) is 83.7 Å². The highest BCUT2D eigenvalue weighted by Gasteiger charge is 2.31. The lowest BCUT2D eigenvalue weighted by molar-refractivity contribution is 0.0544. The number of aryl methyl sites for hydroxylation is 1. The number of nitriles is 1. The molecule has 4 rings (SSSR count). The number of carbonyl (C=O) groups excluding carboxylic acids is 1. The number of rotatable bonds is 9. The van der Waals surface area contributed by atoms with Crippen molar-refractivity contribution in [3.8, 4) is 11.8 Å². The van der Waals surface area contributed by atoms with E-state index in [0.717, 1.165) is 44.9 Å². The molecule has 0 spiro atoms. The number of ether oxygens (including phenoxy) is 3. The van der Waals surface area contributed by atoms with E-state index in [4.69, 9.17) is 19.2 Å². The first-order chi connectivity index (χ1) is 19.6. The summed E-state index contributed by atoms with van der Waals surface area (Å²) in [5.74, 6) is 1.45. The zero-order valence-corrected chi connectivity index (χ0v) is 27.5. The number of methoxy groups -OCH3 is 1. The molecule has 2 aromatic heterocycles. The number of carbonyl (C=O) groups is 1. The molecular formula is C32H43N5O4Si. The van der Waals surface area contributed by atoms with Gasteiger partial charge in [0.05, 0.1) is 41.3 Å². The summed E-state index contributed by atoms with van der Waals surface area (Å²) < 4.78 is 21.6. The first-order valence-corrected chi connectivity index (χ1v) is 17.9. The smallest absolute Gasteiger partial charge is 0.419 e. The molecule has 0 aliphatic rings. The van der Waals surface area contributed by atoms with Crippen LogP contribution in [0.2, 0.25) is 25.7 Å². The van der Waals surface area contributed by atoms with Gasteiger partial charge in [0.1, 0.15) is 23.9 Å². The Balaban J connectivity index is 1.93. The lowest BCUT2D eigenvalue weighted by Gasteiger charge is -2.28. The van der Waals surface area contributed by atoms with Crippen LogP contribution in [0.25, 0.3) is 21.9 Å². The van der Waals surface area contributed by atoms with E-state index in [-0.39, 0.29) is 6.04 Å². The number of hydrogen-bond donors (Lipinski definition) is 0. The van der Waals surface area contributed by atoms with Crippen LogP contribution in [0.3, 0.4) is 0 Å². The lowest BCUT2D eigenvalue weighted by Crippen LogP contribution is -2.27. The molecule has 224 valence electrons. The van der Waals surface area contributed by atoms with Crippen molar-refractivity contribution in [2.24, 2.45) is 0 Å². The maximum absolute atomic E-state index is 13.2. The molecule has 0 saturated heterocycles. The molecule has 0 saturated carbocycles. The summed E-state index contributed by atoms with van der Waals surface area (Å²) in [6.45, 7) is 15.5. The van der Waals surface area contributed by atoms with Crippen LogP contribution in [0.4, 0.5) is 4.79 Å². The summed E-state index contributed by atoms with van der Waals surface area (Å²) in [6, 6.07) is 12.3. The van der Waals surface area contributed by atoms with Gasteiger partial charge in [-0.25, -0.2) is 9.78 Å². The minimum Gasteiger partial charge on any atom is -0.496 e. The molecule has 0 fully saturated rings. The highest BCUT2D eigenvalue weighted by Crippen LogP contribution is 2.41. The van der Waals surface area contributed by atoms with E-state index >= 15 is 0 Å². The van der Waals surface area contributed by atoms with Gasteiger partial charge in [0.2, 0.25) is 0 Å². The molecule has 4 aromatic rings. The van der Waals surface area contributed by atoms with E-state index in [1.54, 1.807) is 23.9 Å². The van der Waals surface area contributed by atoms with Crippen LogP contribution in [0.1, 0.15) is 49.3 Å². The Morgan fingerprint density at radius 2 is 1.88 bits per heavy atom. The van der Waals surface area contributed by atoms with Gasteiger partial charge in [-0.3, -0.25) is 9.47 Å². The highest BCUT2D eigenvalue weighted by atomic mass is 28.3. The molecular weight excluding hydrogens is 546 g/mol. The summed E-state index contributed by atoms with van der Waals surface area (Å²) in [5, 5.41) is 10.5. The highest BCUT2D eigenvalue weighted by molar-refractivity contribution is 6.76. The molecule has 0 radical (unpaired) electrons. The monoisotopic (exact) mass is 589 g/mol. The third-order valence-electron chi connectivity index (χ3n) is 7.13. The van der Waals surface area contributed by atoms with Crippen LogP contribution in [0.15, 0.2) is 36.5 Å². The Labute approximate surface area is 249 Å². The average Bonchev–Trinajstić information content (AvgIpc) is 3.48. The molecule has 0 aliphatic carbocycles. The number of fused-ring (bicyclic) bond motifs is 2. The molecule has 2 aromatic carbocycles. The molecule has 0 bridgehead atoms. The molecule has 0 amide bonds. The van der Waals surface area contributed by atoms with E-state index in [9.17, 15) is 10.1 Å². The largest absolute Gasteiger partial charge is 0.496 e. The second-order valence-corrected chi connectivity index (χ2v) is 18.8. The van der Waals surface area contributed by atoms with Crippen molar-refractivity contribution in [2.45, 2.75) is 71.8 Å². The average molecular weight is 590 g/mol. The number of nitrogens with zero attached hydrogens (tertiary/aromatic N) is 5. The van der Waals surface area contributed by atoms with Crippen molar-refractivity contribution in [1.29, 1.82) is 5.26 Å². The Kier molecular flexibility index (Phi) is 8.88. The Morgan fingerprint density at radius 3 is 2.48 bits per heavy atom. The van der Waals surface area contributed by atoms with Crippen LogP contribution in [-0.2, 0) is 16.2 Å². The first kappa shape index (κ1) is 31.3. The second-order valence-electron chi connectivity index (χ2n) is 13.2. The van der Waals surface area contributed by atoms with Gasteiger partial charge >= 0.3 is 6.09 Å². The maximum Gasteiger partial charge on any atom is 0.419 e. The van der Waals surface area contributed by atoms with E-state index in [2.05, 4.69) is 35.2 Å². The summed E-state index contributed by atoms with van der Waals surface area (Å²) in [5.41, 5.74) is 4.06. The lowest BCUT2D eigenvalue weighted by atomic mass is 9.97. The standard InChI is InChI=1S/C32H43N5O4Si/c1-21-17-26(39-7)27(23-13-14-36(28(21)23)31(38)41-32(2,3)4)29(35(5)6)30-34-24-12-11-22(19-33)18-25(24)37(30)20-40-15-16-42(8,9)10/h11-14,17-18,29H,15-16,20H2,1-10H3. The topological polar surface area (TPSA) is 94.5 Å². The fraction of sp³-hybridized carbons (Fsp3) is 0.469. The molecule has 0 N–H and O–H groups in total. The summed E-state index contributed by atoms with van der Waals surface area (Å²) >= 11 is 0. The van der Waals surface area contributed by atoms with E-state index in [0.29, 0.717) is 24.7 Å². The SMILES string of the molecule is COc1cc(C)c2c(ccn2C(=O)OC(C)(C)C)c1C(c1nc2ccc(C#N)cc2n1COCC[Si](C)(C)C)N(C)C. The number of hydrogen-bond acceptors (Lipinski definition) is 7. The van der Waals surface area contributed by atoms with Gasteiger partial charge in [0.15, 0.2) is 0 Å². The van der Waals surface area contributed by atoms with E-state index in [1.165, 1.54) is 0 Å². The minimum atomic E-state index is -1.28. The Bertz CT molecular complexity index is 1650. The van der Waals surface area contributed by atoms with Gasteiger partial charge in [0.25, 0.3) is 0 Å². The first-order valence-electron chi connectivity index (χ1n) is 14.2. The minimum absolute atomic E-state index is 0.297. The third kappa shape index (κ3) is 6.54. The Hall–Kier alpha value is -3.65. The van der Waals surface area contributed by atoms with Gasteiger partial charge in [0, 0.05) is 31.8 Å². The van der Waals surface area contributed by atoms with E-state index < -0.39 is 19.8 Å². The van der Waals surface area contributed by atoms with Crippen LogP contribution in [0.5, 0.6) is 5.75 Å². The summed E-state index contributed by atoms with van der Waals surface area (Å²) in [7, 11) is 4.37. The summed E-state index contributed by atoms with van der Waals surface area (Å²) in [6.07, 6.45) is 1.31. The van der Waals surface area contributed by atoms with Gasteiger partial charge in [-0.2, -0.15) is 5.26 Å². The molecule has 2 heterocycles. The second kappa shape index (κ2) is 11.9. The number of imidazole rings is 1. The zero-order chi connectivity index (χ0) is 31.0. The zero-order valence-electron chi connectivity index (χ0n) is 26.5. The van der Waals surface area contributed by atoms with E-state index in [1.807, 2.05) is 66.1 Å². The maximum atomic E-state index is 13.2. The van der Waals surface area contributed by atoms with Crippen LogP contribution < -0.4 is 4.74 Å². The fourth-order valence-electron chi connectivity index (χ4n) is 5.15. The molecule has 10 heteroatoms. The fourth-order valence-corrected chi connectivity index (χ4v) is 5.91. The van der Waals surface area contributed by atoms with Gasteiger partial charge in [-0.15, -0.1) is 0 Å². The summed E-state index contributed by atoms with van der Waals surface area (Å²) in [4.78, 5) is 20.4. The Morgan fingerprint density at radius 1 is 1.17 bits per heavy atom. The molecule has 0 aliphatic heterocycles. The van der Waals surface area contributed by atoms with Crippen molar-refractivity contribution in [3.63, 3.8) is 0 Å². The van der Waals surface area contributed by atoms with Gasteiger partial charge in [-0.1, -0.05) is 19.6 Å². The molecule has 1 unspecified atom stereocenters. The van der Waals surface area contributed by atoms with Crippen molar-refractivity contribution >= 4 is 36.1 Å². The van der Waals surface area contributed by atoms with Crippen LogP contribution in [-0.4, -0.2) is 66.6 Å². The molecule has 1 atom stereocenters. The van der Waals surface area contributed by atoms with Gasteiger partial charge < -0.3 is 18.8 Å². The van der Waals surface area contributed by atoms with Crippen LogP contribution >= 0.6 is 0 Å².